The van der Waals surface area contributed by atoms with Gasteiger partial charge >= 0.3 is 0 Å². The van der Waals surface area contributed by atoms with E-state index in [0.29, 0.717) is 33.9 Å². The number of hydrogen-bond donors (Lipinski definition) is 2. The molecule has 7 heteroatoms. The predicted octanol–water partition coefficient (Wildman–Crippen LogP) is 2.32. The Morgan fingerprint density at radius 1 is 1.59 bits per heavy atom. The number of nitrogens with one attached hydrogen (secondary N) is 1. The largest absolute Gasteiger partial charge is 0.330 e. The summed E-state index contributed by atoms with van der Waals surface area (Å²) in [6.07, 6.45) is 2.73. The number of carbonyl (C=O) groups is 1. The summed E-state index contributed by atoms with van der Waals surface area (Å²) < 4.78 is 1.12. The van der Waals surface area contributed by atoms with E-state index in [2.05, 4.69) is 47.1 Å². The van der Waals surface area contributed by atoms with Crippen molar-refractivity contribution in [2.75, 3.05) is 11.9 Å². The highest BCUT2D eigenvalue weighted by Gasteiger charge is 2.09. The number of halogens is 2. The molecule has 0 aromatic carbocycles. The van der Waals surface area contributed by atoms with Gasteiger partial charge in [0.2, 0.25) is 5.91 Å². The van der Waals surface area contributed by atoms with Gasteiger partial charge in [-0.3, -0.25) is 4.79 Å². The number of nitrogens with two attached hydrogens (primary N) is 1. The molecule has 1 unspecified atom stereocenters. The van der Waals surface area contributed by atoms with E-state index in [1.807, 2.05) is 6.92 Å². The Kier molecular flexibility index (Phi) is 6.01. The SMILES string of the molecule is CC(CN)CCC(=O)Nc1ncc(Br)nc1Br. The predicted molar refractivity (Wildman–Crippen MR) is 73.5 cm³/mol. The summed E-state index contributed by atoms with van der Waals surface area (Å²) in [6, 6.07) is 0. The van der Waals surface area contributed by atoms with E-state index < -0.39 is 0 Å². The van der Waals surface area contributed by atoms with Crippen molar-refractivity contribution in [3.63, 3.8) is 0 Å². The Hall–Kier alpha value is -0.530. The zero-order chi connectivity index (χ0) is 12.8. The number of rotatable bonds is 5. The van der Waals surface area contributed by atoms with Crippen molar-refractivity contribution < 1.29 is 4.79 Å². The highest BCUT2D eigenvalue weighted by molar-refractivity contribution is 9.11. The summed E-state index contributed by atoms with van der Waals surface area (Å²) >= 11 is 6.42. The lowest BCUT2D eigenvalue weighted by atomic mass is 10.1. The first-order valence-corrected chi connectivity index (χ1v) is 6.79. The Bertz CT molecular complexity index is 400. The lowest BCUT2D eigenvalue weighted by molar-refractivity contribution is -0.116. The summed E-state index contributed by atoms with van der Waals surface area (Å²) in [5.74, 6) is 0.696. The van der Waals surface area contributed by atoms with Crippen LogP contribution in [0.4, 0.5) is 5.82 Å². The third kappa shape index (κ3) is 5.10. The van der Waals surface area contributed by atoms with Crippen LogP contribution < -0.4 is 11.1 Å². The molecule has 1 aromatic heterocycles. The zero-order valence-electron chi connectivity index (χ0n) is 9.41. The van der Waals surface area contributed by atoms with E-state index in [4.69, 9.17) is 5.73 Å². The normalized spacial score (nSPS) is 12.2. The molecule has 1 aromatic rings. The number of hydrogen-bond acceptors (Lipinski definition) is 4. The maximum Gasteiger partial charge on any atom is 0.225 e. The standard InChI is InChI=1S/C10H14Br2N4O/c1-6(4-13)2-3-8(17)16-10-9(12)15-7(11)5-14-10/h5-6H,2-4,13H2,1H3,(H,14,16,17). The number of amides is 1. The third-order valence-electron chi connectivity index (χ3n) is 2.22. The molecule has 0 fully saturated rings. The van der Waals surface area contributed by atoms with Crippen LogP contribution in [0.15, 0.2) is 15.4 Å². The summed E-state index contributed by atoms with van der Waals surface area (Å²) in [5.41, 5.74) is 5.48. The third-order valence-corrected chi connectivity index (χ3v) is 3.16. The highest BCUT2D eigenvalue weighted by Crippen LogP contribution is 2.19. The van der Waals surface area contributed by atoms with Crippen LogP contribution in [0, 0.1) is 5.92 Å². The van der Waals surface area contributed by atoms with Gasteiger partial charge in [-0.15, -0.1) is 0 Å². The van der Waals surface area contributed by atoms with E-state index in [0.717, 1.165) is 6.42 Å². The second-order valence-electron chi connectivity index (χ2n) is 3.76. The fourth-order valence-electron chi connectivity index (χ4n) is 1.12. The molecule has 0 radical (unpaired) electrons. The maximum absolute atomic E-state index is 11.6. The second kappa shape index (κ2) is 7.03. The van der Waals surface area contributed by atoms with Crippen LogP contribution in [0.3, 0.4) is 0 Å². The van der Waals surface area contributed by atoms with Crippen LogP contribution in [-0.2, 0) is 4.79 Å². The monoisotopic (exact) mass is 364 g/mol. The number of carbonyl (C=O) groups excluding carboxylic acids is 1. The van der Waals surface area contributed by atoms with Gasteiger partial charge in [-0.2, -0.15) is 0 Å². The van der Waals surface area contributed by atoms with Crippen molar-refractivity contribution in [2.45, 2.75) is 19.8 Å². The molecule has 1 atom stereocenters. The van der Waals surface area contributed by atoms with Gasteiger partial charge in [0.05, 0.1) is 6.20 Å². The highest BCUT2D eigenvalue weighted by atomic mass is 79.9. The van der Waals surface area contributed by atoms with Crippen LogP contribution in [-0.4, -0.2) is 22.4 Å². The first-order valence-electron chi connectivity index (χ1n) is 5.21. The molecular formula is C10H14Br2N4O. The minimum atomic E-state index is -0.0809. The number of anilines is 1. The molecule has 1 amide bonds. The van der Waals surface area contributed by atoms with Crippen LogP contribution in [0.25, 0.3) is 0 Å². The number of nitrogens with zero attached hydrogens (tertiary/aromatic N) is 2. The van der Waals surface area contributed by atoms with Gasteiger partial charge in [0.15, 0.2) is 5.82 Å². The van der Waals surface area contributed by atoms with Crippen LogP contribution >= 0.6 is 31.9 Å². The van der Waals surface area contributed by atoms with Crippen LogP contribution in [0.2, 0.25) is 0 Å². The van der Waals surface area contributed by atoms with E-state index in [-0.39, 0.29) is 5.91 Å². The van der Waals surface area contributed by atoms with Crippen molar-refractivity contribution in [1.82, 2.24) is 9.97 Å². The maximum atomic E-state index is 11.6. The molecule has 94 valence electrons. The molecule has 0 saturated carbocycles. The fourth-order valence-corrected chi connectivity index (χ4v) is 2.03. The van der Waals surface area contributed by atoms with Gasteiger partial charge < -0.3 is 11.1 Å². The van der Waals surface area contributed by atoms with Gasteiger partial charge in [-0.1, -0.05) is 6.92 Å². The summed E-state index contributed by atoms with van der Waals surface area (Å²) in [5, 5.41) is 2.70. The lowest BCUT2D eigenvalue weighted by Crippen LogP contribution is -2.17. The molecular weight excluding hydrogens is 352 g/mol. The zero-order valence-corrected chi connectivity index (χ0v) is 12.6. The minimum absolute atomic E-state index is 0.0809. The molecule has 0 bridgehead atoms. The smallest absolute Gasteiger partial charge is 0.225 e. The van der Waals surface area contributed by atoms with Gasteiger partial charge in [-0.05, 0) is 50.7 Å². The molecule has 0 aliphatic carbocycles. The molecule has 1 rings (SSSR count). The molecule has 3 N–H and O–H groups in total. The topological polar surface area (TPSA) is 80.9 Å². The van der Waals surface area contributed by atoms with Crippen LogP contribution in [0.5, 0.6) is 0 Å². The molecule has 17 heavy (non-hydrogen) atoms. The molecule has 1 heterocycles. The van der Waals surface area contributed by atoms with E-state index in [1.165, 1.54) is 6.20 Å². The Labute approximate surface area is 117 Å². The van der Waals surface area contributed by atoms with Gasteiger partial charge in [-0.25, -0.2) is 9.97 Å². The van der Waals surface area contributed by atoms with Gasteiger partial charge in [0.25, 0.3) is 0 Å². The summed E-state index contributed by atoms with van der Waals surface area (Å²) in [7, 11) is 0. The Balaban J connectivity index is 2.50. The summed E-state index contributed by atoms with van der Waals surface area (Å²) in [4.78, 5) is 19.7. The van der Waals surface area contributed by atoms with Gasteiger partial charge in [0.1, 0.15) is 9.21 Å². The van der Waals surface area contributed by atoms with Crippen molar-refractivity contribution in [3.05, 3.63) is 15.4 Å². The van der Waals surface area contributed by atoms with E-state index in [1.54, 1.807) is 0 Å². The molecule has 0 spiro atoms. The van der Waals surface area contributed by atoms with Crippen LogP contribution in [0.1, 0.15) is 19.8 Å². The van der Waals surface area contributed by atoms with Gasteiger partial charge in [0, 0.05) is 6.42 Å². The van der Waals surface area contributed by atoms with E-state index in [9.17, 15) is 4.79 Å². The first kappa shape index (κ1) is 14.5. The van der Waals surface area contributed by atoms with Crippen molar-refractivity contribution in [3.8, 4) is 0 Å². The molecule has 0 aliphatic heterocycles. The van der Waals surface area contributed by atoms with Crippen molar-refractivity contribution in [1.29, 1.82) is 0 Å². The van der Waals surface area contributed by atoms with E-state index >= 15 is 0 Å². The minimum Gasteiger partial charge on any atom is -0.330 e. The molecule has 5 nitrogen and oxygen atoms in total. The average molecular weight is 366 g/mol. The fraction of sp³-hybridized carbons (Fsp3) is 0.500. The van der Waals surface area contributed by atoms with Crippen molar-refractivity contribution in [2.24, 2.45) is 11.7 Å². The lowest BCUT2D eigenvalue weighted by Gasteiger charge is -2.08. The van der Waals surface area contributed by atoms with Crippen molar-refractivity contribution >= 4 is 43.6 Å². The average Bonchev–Trinajstić information content (AvgIpc) is 2.29. The Morgan fingerprint density at radius 3 is 2.88 bits per heavy atom. The Morgan fingerprint density at radius 2 is 2.29 bits per heavy atom. The second-order valence-corrected chi connectivity index (χ2v) is 5.32. The first-order chi connectivity index (χ1) is 8.02. The molecule has 0 saturated heterocycles. The molecule has 0 aliphatic rings. The number of aromatic nitrogens is 2. The quantitative estimate of drug-likeness (QED) is 0.838. The summed E-state index contributed by atoms with van der Waals surface area (Å²) in [6.45, 7) is 2.61.